The lowest BCUT2D eigenvalue weighted by Crippen LogP contribution is -2.41. The van der Waals surface area contributed by atoms with Crippen molar-refractivity contribution in [2.75, 3.05) is 7.11 Å². The maximum atomic E-state index is 13.3. The summed E-state index contributed by atoms with van der Waals surface area (Å²) < 4.78 is 11.5. The van der Waals surface area contributed by atoms with Crippen LogP contribution in [0.1, 0.15) is 53.4 Å². The summed E-state index contributed by atoms with van der Waals surface area (Å²) in [6, 6.07) is 23.9. The average Bonchev–Trinajstić information content (AvgIpc) is 2.77. The van der Waals surface area contributed by atoms with Crippen LogP contribution in [0, 0.1) is 0 Å². The van der Waals surface area contributed by atoms with E-state index in [1.807, 2.05) is 74.5 Å². The number of carbonyl (C=O) groups is 1. The molecule has 1 aliphatic heterocycles. The van der Waals surface area contributed by atoms with Crippen LogP contribution in [0.2, 0.25) is 0 Å². The summed E-state index contributed by atoms with van der Waals surface area (Å²) in [6.07, 6.45) is 2.42. The summed E-state index contributed by atoms with van der Waals surface area (Å²) in [6.45, 7) is 4.09. The number of rotatable bonds is 6. The topological polar surface area (TPSA) is 47.6 Å². The van der Waals surface area contributed by atoms with Gasteiger partial charge in [0.1, 0.15) is 17.1 Å². The Kier molecular flexibility index (Phi) is 5.99. The van der Waals surface area contributed by atoms with Crippen LogP contribution in [0.5, 0.6) is 11.5 Å². The minimum atomic E-state index is -0.385. The van der Waals surface area contributed by atoms with Gasteiger partial charge in [-0.1, -0.05) is 48.5 Å². The zero-order chi connectivity index (χ0) is 21.8. The fraction of sp³-hybridized carbons (Fsp3) is 0.296. The average molecular weight is 416 g/mol. The van der Waals surface area contributed by atoms with Crippen molar-refractivity contribution < 1.29 is 14.3 Å². The molecule has 1 heterocycles. The number of methoxy groups -OCH3 is 1. The first kappa shape index (κ1) is 21.0. The molecule has 0 aliphatic carbocycles. The molecule has 1 aliphatic rings. The summed E-state index contributed by atoms with van der Waals surface area (Å²) in [5.74, 6) is 1.46. The van der Waals surface area contributed by atoms with Crippen LogP contribution in [0.25, 0.3) is 0 Å². The van der Waals surface area contributed by atoms with E-state index in [1.165, 1.54) is 5.56 Å². The van der Waals surface area contributed by atoms with E-state index in [-0.39, 0.29) is 17.6 Å². The van der Waals surface area contributed by atoms with Crippen LogP contribution >= 0.6 is 0 Å². The quantitative estimate of drug-likeness (QED) is 0.577. The third-order valence-electron chi connectivity index (χ3n) is 5.77. The molecule has 1 N–H and O–H groups in total. The van der Waals surface area contributed by atoms with Gasteiger partial charge in [0.05, 0.1) is 13.2 Å². The number of ether oxygens (including phenoxy) is 2. The second kappa shape index (κ2) is 8.84. The van der Waals surface area contributed by atoms with Gasteiger partial charge in [0.15, 0.2) is 0 Å². The monoisotopic (exact) mass is 415 g/mol. The van der Waals surface area contributed by atoms with Gasteiger partial charge in [0.25, 0.3) is 5.91 Å². The van der Waals surface area contributed by atoms with Gasteiger partial charge in [-0.2, -0.15) is 0 Å². The fourth-order valence-electron chi connectivity index (χ4n) is 4.21. The molecule has 1 atom stereocenters. The van der Waals surface area contributed by atoms with Crippen molar-refractivity contribution in [3.8, 4) is 11.5 Å². The molecule has 0 radical (unpaired) electrons. The van der Waals surface area contributed by atoms with Crippen LogP contribution in [-0.2, 0) is 12.8 Å². The van der Waals surface area contributed by atoms with E-state index in [0.29, 0.717) is 6.42 Å². The SMILES string of the molecule is COc1ccc2c(c1)OC(C)(C)C[C@H]2NC(=O)c1ccccc1CCc1ccccc1. The number of aryl methyl sites for hydroxylation is 2. The molecule has 0 unspecified atom stereocenters. The summed E-state index contributed by atoms with van der Waals surface area (Å²) in [4.78, 5) is 13.3. The Morgan fingerprint density at radius 1 is 1.03 bits per heavy atom. The minimum Gasteiger partial charge on any atom is -0.497 e. The second-order valence-corrected chi connectivity index (χ2v) is 8.64. The van der Waals surface area contributed by atoms with Gasteiger partial charge < -0.3 is 14.8 Å². The highest BCUT2D eigenvalue weighted by Gasteiger charge is 2.35. The van der Waals surface area contributed by atoms with Crippen molar-refractivity contribution in [3.05, 3.63) is 95.1 Å². The number of nitrogens with one attached hydrogen (secondary N) is 1. The van der Waals surface area contributed by atoms with E-state index in [1.54, 1.807) is 7.11 Å². The first-order valence-corrected chi connectivity index (χ1v) is 10.7. The highest BCUT2D eigenvalue weighted by Crippen LogP contribution is 2.41. The predicted octanol–water partition coefficient (Wildman–Crippen LogP) is 5.51. The maximum Gasteiger partial charge on any atom is 0.252 e. The largest absolute Gasteiger partial charge is 0.497 e. The Morgan fingerprint density at radius 2 is 1.77 bits per heavy atom. The molecular weight excluding hydrogens is 386 g/mol. The third kappa shape index (κ3) is 4.91. The van der Waals surface area contributed by atoms with Gasteiger partial charge in [-0.05, 0) is 56.0 Å². The van der Waals surface area contributed by atoms with Crippen molar-refractivity contribution in [1.82, 2.24) is 5.32 Å². The normalized spacial score (nSPS) is 16.7. The summed E-state index contributed by atoms with van der Waals surface area (Å²) in [5.41, 5.74) is 3.66. The van der Waals surface area contributed by atoms with Crippen LogP contribution in [0.4, 0.5) is 0 Å². The van der Waals surface area contributed by atoms with Gasteiger partial charge >= 0.3 is 0 Å². The van der Waals surface area contributed by atoms with Crippen molar-refractivity contribution >= 4 is 5.91 Å². The predicted molar refractivity (Wildman–Crippen MR) is 123 cm³/mol. The van der Waals surface area contributed by atoms with Crippen molar-refractivity contribution in [1.29, 1.82) is 0 Å². The van der Waals surface area contributed by atoms with Crippen LogP contribution in [0.15, 0.2) is 72.8 Å². The summed E-state index contributed by atoms with van der Waals surface area (Å²) >= 11 is 0. The van der Waals surface area contributed by atoms with Crippen LogP contribution in [0.3, 0.4) is 0 Å². The molecule has 0 aromatic heterocycles. The standard InChI is InChI=1S/C27H29NO3/c1-27(2)18-24(23-16-15-21(30-3)17-25(23)31-27)28-26(29)22-12-8-7-11-20(22)14-13-19-9-5-4-6-10-19/h4-12,15-17,24H,13-14,18H2,1-3H3,(H,28,29)/t24-/m1/s1. The Balaban J connectivity index is 1.55. The number of fused-ring (bicyclic) bond motifs is 1. The van der Waals surface area contributed by atoms with Gasteiger partial charge in [0, 0.05) is 23.6 Å². The zero-order valence-corrected chi connectivity index (χ0v) is 18.4. The summed E-state index contributed by atoms with van der Waals surface area (Å²) in [7, 11) is 1.64. The second-order valence-electron chi connectivity index (χ2n) is 8.64. The Labute approximate surface area is 184 Å². The van der Waals surface area contributed by atoms with Crippen LogP contribution in [-0.4, -0.2) is 18.6 Å². The highest BCUT2D eigenvalue weighted by molar-refractivity contribution is 5.96. The van der Waals surface area contributed by atoms with Gasteiger partial charge in [-0.15, -0.1) is 0 Å². The zero-order valence-electron chi connectivity index (χ0n) is 18.4. The molecule has 3 aromatic rings. The van der Waals surface area contributed by atoms with E-state index in [4.69, 9.17) is 9.47 Å². The lowest BCUT2D eigenvalue weighted by molar-refractivity contribution is 0.0617. The van der Waals surface area contributed by atoms with E-state index < -0.39 is 0 Å². The van der Waals surface area contributed by atoms with Gasteiger partial charge in [0.2, 0.25) is 0 Å². The molecule has 0 fully saturated rings. The smallest absolute Gasteiger partial charge is 0.252 e. The molecule has 0 spiro atoms. The first-order valence-electron chi connectivity index (χ1n) is 10.7. The third-order valence-corrected chi connectivity index (χ3v) is 5.77. The molecule has 160 valence electrons. The number of carbonyl (C=O) groups excluding carboxylic acids is 1. The Hall–Kier alpha value is -3.27. The molecule has 4 heteroatoms. The lowest BCUT2D eigenvalue weighted by Gasteiger charge is -2.38. The molecular formula is C27H29NO3. The Morgan fingerprint density at radius 3 is 2.55 bits per heavy atom. The van der Waals surface area contributed by atoms with Crippen molar-refractivity contribution in [2.45, 2.75) is 44.8 Å². The molecule has 31 heavy (non-hydrogen) atoms. The number of benzene rings is 3. The number of hydrogen-bond donors (Lipinski definition) is 1. The minimum absolute atomic E-state index is 0.0480. The van der Waals surface area contributed by atoms with E-state index in [9.17, 15) is 4.79 Å². The maximum absolute atomic E-state index is 13.3. The Bertz CT molecular complexity index is 1060. The number of amides is 1. The highest BCUT2D eigenvalue weighted by atomic mass is 16.5. The molecule has 0 saturated carbocycles. The summed E-state index contributed by atoms with van der Waals surface area (Å²) in [5, 5.41) is 3.26. The fourth-order valence-corrected chi connectivity index (χ4v) is 4.21. The van der Waals surface area contributed by atoms with E-state index in [0.717, 1.165) is 41.0 Å². The molecule has 4 nitrogen and oxygen atoms in total. The lowest BCUT2D eigenvalue weighted by atomic mass is 9.89. The van der Waals surface area contributed by atoms with E-state index >= 15 is 0 Å². The van der Waals surface area contributed by atoms with E-state index in [2.05, 4.69) is 17.4 Å². The molecule has 0 saturated heterocycles. The number of hydrogen-bond acceptors (Lipinski definition) is 3. The van der Waals surface area contributed by atoms with Crippen LogP contribution < -0.4 is 14.8 Å². The van der Waals surface area contributed by atoms with Crippen molar-refractivity contribution in [2.24, 2.45) is 0 Å². The molecule has 3 aromatic carbocycles. The van der Waals surface area contributed by atoms with Gasteiger partial charge in [-0.3, -0.25) is 4.79 Å². The molecule has 1 amide bonds. The van der Waals surface area contributed by atoms with Crippen molar-refractivity contribution in [3.63, 3.8) is 0 Å². The molecule has 0 bridgehead atoms. The first-order chi connectivity index (χ1) is 14.9. The molecule has 4 rings (SSSR count). The van der Waals surface area contributed by atoms with Gasteiger partial charge in [-0.25, -0.2) is 0 Å².